The second-order valence-electron chi connectivity index (χ2n) is 3.94. The zero-order chi connectivity index (χ0) is 10.6. The van der Waals surface area contributed by atoms with Crippen LogP contribution in [0.3, 0.4) is 0 Å². The van der Waals surface area contributed by atoms with E-state index in [4.69, 9.17) is 0 Å². The number of nitrogens with one attached hydrogen (secondary N) is 1. The fourth-order valence-corrected chi connectivity index (χ4v) is 1.88. The first kappa shape index (κ1) is 11.2. The van der Waals surface area contributed by atoms with E-state index in [0.717, 1.165) is 6.42 Å². The van der Waals surface area contributed by atoms with Gasteiger partial charge in [0, 0.05) is 18.4 Å². The van der Waals surface area contributed by atoms with Crippen molar-refractivity contribution >= 4 is 0 Å². The Morgan fingerprint density at radius 3 is 2.64 bits per heavy atom. The van der Waals surface area contributed by atoms with Crippen molar-refractivity contribution in [2.45, 2.75) is 33.2 Å². The monoisotopic (exact) mass is 192 g/mol. The molecule has 2 heteroatoms. The van der Waals surface area contributed by atoms with Gasteiger partial charge < -0.3 is 5.32 Å². The van der Waals surface area contributed by atoms with Gasteiger partial charge >= 0.3 is 0 Å². The summed E-state index contributed by atoms with van der Waals surface area (Å²) in [5.74, 6) is 0.604. The summed E-state index contributed by atoms with van der Waals surface area (Å²) in [6, 6.07) is 2.56. The zero-order valence-corrected chi connectivity index (χ0v) is 9.54. The van der Waals surface area contributed by atoms with Gasteiger partial charge in [-0.1, -0.05) is 20.8 Å². The van der Waals surface area contributed by atoms with Crippen LogP contribution in [0, 0.1) is 5.92 Å². The van der Waals surface area contributed by atoms with E-state index in [1.165, 1.54) is 11.1 Å². The van der Waals surface area contributed by atoms with E-state index in [2.05, 4.69) is 37.1 Å². The molecule has 1 rings (SSSR count). The average Bonchev–Trinajstić information content (AvgIpc) is 2.19. The highest BCUT2D eigenvalue weighted by Gasteiger charge is 2.15. The van der Waals surface area contributed by atoms with Crippen molar-refractivity contribution in [2.24, 2.45) is 5.92 Å². The molecule has 1 heterocycles. The number of rotatable bonds is 4. The van der Waals surface area contributed by atoms with Crippen molar-refractivity contribution in [1.29, 1.82) is 0 Å². The molecule has 1 unspecified atom stereocenters. The largest absolute Gasteiger partial charge is 0.313 e. The molecular weight excluding hydrogens is 172 g/mol. The summed E-state index contributed by atoms with van der Waals surface area (Å²) in [4.78, 5) is 4.16. The van der Waals surface area contributed by atoms with Crippen molar-refractivity contribution < 1.29 is 0 Å². The van der Waals surface area contributed by atoms with Crippen LogP contribution in [0.5, 0.6) is 0 Å². The zero-order valence-electron chi connectivity index (χ0n) is 9.54. The van der Waals surface area contributed by atoms with Gasteiger partial charge in [0.2, 0.25) is 0 Å². The first-order valence-electron chi connectivity index (χ1n) is 5.30. The van der Waals surface area contributed by atoms with Crippen LogP contribution < -0.4 is 5.32 Å². The molecule has 0 saturated carbocycles. The van der Waals surface area contributed by atoms with Gasteiger partial charge in [-0.05, 0) is 36.6 Å². The molecule has 0 radical (unpaired) electrons. The Kier molecular flexibility index (Phi) is 4.08. The maximum Gasteiger partial charge on any atom is 0.0344 e. The van der Waals surface area contributed by atoms with Gasteiger partial charge in [0.15, 0.2) is 0 Å². The summed E-state index contributed by atoms with van der Waals surface area (Å²) >= 11 is 0. The normalized spacial score (nSPS) is 13.2. The van der Waals surface area contributed by atoms with Crippen LogP contribution in [-0.4, -0.2) is 12.0 Å². The molecular formula is C12H20N2. The van der Waals surface area contributed by atoms with Crippen molar-refractivity contribution in [1.82, 2.24) is 10.3 Å². The van der Waals surface area contributed by atoms with Gasteiger partial charge in [0.1, 0.15) is 0 Å². The lowest BCUT2D eigenvalue weighted by molar-refractivity contribution is 0.440. The van der Waals surface area contributed by atoms with Crippen LogP contribution in [-0.2, 0) is 6.42 Å². The summed E-state index contributed by atoms with van der Waals surface area (Å²) in [7, 11) is 2.02. The standard InChI is InChI=1S/C12H20N2/c1-5-10-8-14-7-6-11(10)12(13-4)9(2)3/h6-9,12-13H,5H2,1-4H3. The van der Waals surface area contributed by atoms with Crippen molar-refractivity contribution in [3.05, 3.63) is 29.6 Å². The van der Waals surface area contributed by atoms with Crippen molar-refractivity contribution in [3.63, 3.8) is 0 Å². The molecule has 78 valence electrons. The molecule has 0 aliphatic heterocycles. The van der Waals surface area contributed by atoms with Gasteiger partial charge in [-0.2, -0.15) is 0 Å². The summed E-state index contributed by atoms with van der Waals surface area (Å²) in [5.41, 5.74) is 2.74. The number of pyridine rings is 1. The Hall–Kier alpha value is -0.890. The molecule has 0 amide bonds. The fraction of sp³-hybridized carbons (Fsp3) is 0.583. The molecule has 0 bridgehead atoms. The summed E-state index contributed by atoms with van der Waals surface area (Å²) in [6.07, 6.45) is 4.90. The Labute approximate surface area is 86.8 Å². The van der Waals surface area contributed by atoms with Crippen LogP contribution in [0.15, 0.2) is 18.5 Å². The number of aryl methyl sites for hydroxylation is 1. The Morgan fingerprint density at radius 2 is 2.14 bits per heavy atom. The summed E-state index contributed by atoms with van der Waals surface area (Å²) < 4.78 is 0. The third kappa shape index (κ3) is 2.32. The van der Waals surface area contributed by atoms with E-state index in [-0.39, 0.29) is 0 Å². The van der Waals surface area contributed by atoms with Gasteiger partial charge in [0.25, 0.3) is 0 Å². The molecule has 0 spiro atoms. The molecule has 0 aromatic carbocycles. The van der Waals surface area contributed by atoms with E-state index in [1.54, 1.807) is 0 Å². The molecule has 0 aliphatic carbocycles. The van der Waals surface area contributed by atoms with Crippen LogP contribution in [0.4, 0.5) is 0 Å². The van der Waals surface area contributed by atoms with Gasteiger partial charge in [-0.15, -0.1) is 0 Å². The lowest BCUT2D eigenvalue weighted by Gasteiger charge is -2.22. The fourth-order valence-electron chi connectivity index (χ4n) is 1.88. The molecule has 1 aromatic heterocycles. The second-order valence-corrected chi connectivity index (χ2v) is 3.94. The molecule has 14 heavy (non-hydrogen) atoms. The van der Waals surface area contributed by atoms with Crippen LogP contribution in [0.2, 0.25) is 0 Å². The Balaban J connectivity index is 3.02. The van der Waals surface area contributed by atoms with E-state index in [9.17, 15) is 0 Å². The molecule has 2 nitrogen and oxygen atoms in total. The third-order valence-electron chi connectivity index (χ3n) is 2.63. The minimum Gasteiger partial charge on any atom is -0.313 e. The lowest BCUT2D eigenvalue weighted by Crippen LogP contribution is -2.23. The van der Waals surface area contributed by atoms with Crippen LogP contribution >= 0.6 is 0 Å². The molecule has 1 aromatic rings. The van der Waals surface area contributed by atoms with Gasteiger partial charge in [0.05, 0.1) is 0 Å². The van der Waals surface area contributed by atoms with Crippen LogP contribution in [0.1, 0.15) is 37.9 Å². The summed E-state index contributed by atoms with van der Waals surface area (Å²) in [5, 5.41) is 3.36. The SMILES string of the molecule is CCc1cnccc1C(NC)C(C)C. The first-order valence-corrected chi connectivity index (χ1v) is 5.30. The first-order chi connectivity index (χ1) is 6.70. The molecule has 1 N–H and O–H groups in total. The predicted octanol–water partition coefficient (Wildman–Crippen LogP) is 2.56. The van der Waals surface area contributed by atoms with Crippen molar-refractivity contribution in [3.8, 4) is 0 Å². The lowest BCUT2D eigenvalue weighted by atomic mass is 9.93. The highest BCUT2D eigenvalue weighted by molar-refractivity contribution is 5.27. The molecule has 0 aliphatic rings. The van der Waals surface area contributed by atoms with Gasteiger partial charge in [-0.3, -0.25) is 4.98 Å². The number of nitrogens with zero attached hydrogens (tertiary/aromatic N) is 1. The molecule has 0 fully saturated rings. The molecule has 1 atom stereocenters. The second kappa shape index (κ2) is 5.11. The van der Waals surface area contributed by atoms with Gasteiger partial charge in [-0.25, -0.2) is 0 Å². The Bertz CT molecular complexity index is 281. The Morgan fingerprint density at radius 1 is 1.43 bits per heavy atom. The number of aromatic nitrogens is 1. The highest BCUT2D eigenvalue weighted by atomic mass is 14.9. The van der Waals surface area contributed by atoms with E-state index < -0.39 is 0 Å². The van der Waals surface area contributed by atoms with E-state index in [1.807, 2.05) is 19.4 Å². The highest BCUT2D eigenvalue weighted by Crippen LogP contribution is 2.23. The minimum absolute atomic E-state index is 0.438. The van der Waals surface area contributed by atoms with Crippen molar-refractivity contribution in [2.75, 3.05) is 7.05 Å². The smallest absolute Gasteiger partial charge is 0.0344 e. The quantitative estimate of drug-likeness (QED) is 0.793. The minimum atomic E-state index is 0.438. The maximum absolute atomic E-state index is 4.16. The third-order valence-corrected chi connectivity index (χ3v) is 2.63. The number of hydrogen-bond donors (Lipinski definition) is 1. The maximum atomic E-state index is 4.16. The molecule has 0 saturated heterocycles. The number of hydrogen-bond acceptors (Lipinski definition) is 2. The topological polar surface area (TPSA) is 24.9 Å². The average molecular weight is 192 g/mol. The van der Waals surface area contributed by atoms with E-state index >= 15 is 0 Å². The van der Waals surface area contributed by atoms with E-state index in [0.29, 0.717) is 12.0 Å². The summed E-state index contributed by atoms with van der Waals surface area (Å²) in [6.45, 7) is 6.65. The van der Waals surface area contributed by atoms with Crippen LogP contribution in [0.25, 0.3) is 0 Å². The predicted molar refractivity (Wildman–Crippen MR) is 60.3 cm³/mol.